The number of ether oxygens (including phenoxy) is 1. The third kappa shape index (κ3) is 4.76. The summed E-state index contributed by atoms with van der Waals surface area (Å²) in [6, 6.07) is 6.81. The monoisotopic (exact) mass is 346 g/mol. The number of methoxy groups -OCH3 is 1. The van der Waals surface area contributed by atoms with Crippen molar-refractivity contribution in [3.63, 3.8) is 0 Å². The molecule has 2 N–H and O–H groups in total. The molecule has 0 aliphatic heterocycles. The molecule has 0 spiro atoms. The molecule has 1 aromatic carbocycles. The molecule has 6 nitrogen and oxygen atoms in total. The predicted molar refractivity (Wildman–Crippen MR) is 89.5 cm³/mol. The molecule has 1 atom stereocenters. The fraction of sp³-hybridized carbons (Fsp3) is 0.278. The van der Waals surface area contributed by atoms with Crippen LogP contribution in [0.4, 0.5) is 4.39 Å². The number of carboxylic acid groups (broad SMARTS) is 1. The number of aryl methyl sites for hydroxylation is 1. The summed E-state index contributed by atoms with van der Waals surface area (Å²) in [5, 5.41) is 11.8. The topological polar surface area (TPSA) is 88.5 Å². The number of aromatic nitrogens is 1. The first-order valence-corrected chi connectivity index (χ1v) is 7.65. The summed E-state index contributed by atoms with van der Waals surface area (Å²) in [4.78, 5) is 27.3. The van der Waals surface area contributed by atoms with Gasteiger partial charge in [-0.05, 0) is 50.1 Å². The molecule has 1 heterocycles. The van der Waals surface area contributed by atoms with Crippen LogP contribution >= 0.6 is 0 Å². The number of nitrogens with one attached hydrogen (secondary N) is 1. The van der Waals surface area contributed by atoms with Crippen molar-refractivity contribution in [3.8, 4) is 5.75 Å². The maximum Gasteiger partial charge on any atom is 0.337 e. The van der Waals surface area contributed by atoms with Crippen LogP contribution in [0.5, 0.6) is 5.75 Å². The number of hydrogen-bond donors (Lipinski definition) is 2. The van der Waals surface area contributed by atoms with Gasteiger partial charge in [0.15, 0.2) is 0 Å². The van der Waals surface area contributed by atoms with Crippen molar-refractivity contribution >= 4 is 11.9 Å². The van der Waals surface area contributed by atoms with E-state index in [0.29, 0.717) is 17.7 Å². The van der Waals surface area contributed by atoms with E-state index < -0.39 is 17.7 Å². The summed E-state index contributed by atoms with van der Waals surface area (Å²) in [7, 11) is 1.46. The van der Waals surface area contributed by atoms with Gasteiger partial charge in [0.25, 0.3) is 5.91 Å². The molecular formula is C18H19FN2O4. The predicted octanol–water partition coefficient (Wildman–Crippen LogP) is 2.60. The maximum atomic E-state index is 13.5. The molecule has 0 bridgehead atoms. The van der Waals surface area contributed by atoms with E-state index in [1.54, 1.807) is 13.0 Å². The molecule has 0 fully saturated rings. The second-order valence-corrected chi connectivity index (χ2v) is 5.71. The fourth-order valence-electron chi connectivity index (χ4n) is 2.47. The summed E-state index contributed by atoms with van der Waals surface area (Å²) >= 11 is 0. The number of carbonyl (C=O) groups excluding carboxylic acids is 1. The molecule has 132 valence electrons. The van der Waals surface area contributed by atoms with Crippen LogP contribution in [0.3, 0.4) is 0 Å². The number of benzene rings is 1. The van der Waals surface area contributed by atoms with E-state index in [0.717, 1.165) is 0 Å². The molecule has 1 aromatic heterocycles. The molecule has 2 aromatic rings. The summed E-state index contributed by atoms with van der Waals surface area (Å²) in [5.74, 6) is -1.51. The Kier molecular flexibility index (Phi) is 5.69. The smallest absolute Gasteiger partial charge is 0.337 e. The zero-order valence-electron chi connectivity index (χ0n) is 14.2. The van der Waals surface area contributed by atoms with Gasteiger partial charge in [-0.25, -0.2) is 14.2 Å². The molecule has 0 saturated carbocycles. The number of hydrogen-bond acceptors (Lipinski definition) is 4. The Labute approximate surface area is 144 Å². The molecular weight excluding hydrogens is 327 g/mol. The zero-order valence-corrected chi connectivity index (χ0v) is 14.2. The number of amides is 1. The van der Waals surface area contributed by atoms with Crippen LogP contribution in [0.2, 0.25) is 0 Å². The van der Waals surface area contributed by atoms with Crippen molar-refractivity contribution in [1.82, 2.24) is 10.3 Å². The van der Waals surface area contributed by atoms with Gasteiger partial charge in [-0.3, -0.25) is 4.79 Å². The van der Waals surface area contributed by atoms with E-state index >= 15 is 0 Å². The average Bonchev–Trinajstić information content (AvgIpc) is 2.53. The van der Waals surface area contributed by atoms with Crippen molar-refractivity contribution in [3.05, 3.63) is 58.7 Å². The number of carbonyl (C=O) groups is 2. The van der Waals surface area contributed by atoms with Crippen molar-refractivity contribution in [2.24, 2.45) is 0 Å². The number of halogens is 1. The number of aromatic carboxylic acids is 1. The van der Waals surface area contributed by atoms with Gasteiger partial charge < -0.3 is 15.2 Å². The average molecular weight is 346 g/mol. The number of nitrogens with zero attached hydrogens (tertiary/aromatic N) is 1. The Bertz CT molecular complexity index is 808. The van der Waals surface area contributed by atoms with Crippen LogP contribution in [0.25, 0.3) is 0 Å². The van der Waals surface area contributed by atoms with Gasteiger partial charge >= 0.3 is 5.97 Å². The van der Waals surface area contributed by atoms with Gasteiger partial charge in [0.1, 0.15) is 17.3 Å². The van der Waals surface area contributed by atoms with Gasteiger partial charge in [0.05, 0.1) is 18.4 Å². The summed E-state index contributed by atoms with van der Waals surface area (Å²) in [6.45, 7) is 3.32. The Morgan fingerprint density at radius 3 is 2.64 bits per heavy atom. The molecule has 7 heteroatoms. The molecule has 0 aliphatic carbocycles. The van der Waals surface area contributed by atoms with E-state index in [2.05, 4.69) is 10.3 Å². The highest BCUT2D eigenvalue weighted by atomic mass is 19.1. The molecule has 0 aliphatic rings. The Hall–Kier alpha value is -2.96. The van der Waals surface area contributed by atoms with Gasteiger partial charge in [-0.1, -0.05) is 0 Å². The number of pyridine rings is 1. The van der Waals surface area contributed by atoms with Gasteiger partial charge in [0.2, 0.25) is 0 Å². The standard InChI is InChI=1S/C18H19FN2O4/c1-10(6-12-7-13(19)9-14(8-12)25-3)20-17(22)16-5-4-15(18(23)24)11(2)21-16/h4-5,7-10H,6H2,1-3H3,(H,20,22)(H,23,24). The van der Waals surface area contributed by atoms with Crippen molar-refractivity contribution in [2.45, 2.75) is 26.3 Å². The fourth-order valence-corrected chi connectivity index (χ4v) is 2.47. The van der Waals surface area contributed by atoms with E-state index in [1.165, 1.54) is 38.3 Å². The van der Waals surface area contributed by atoms with E-state index in [1.807, 2.05) is 0 Å². The minimum absolute atomic E-state index is 0.0523. The van der Waals surface area contributed by atoms with E-state index in [-0.39, 0.29) is 23.0 Å². The molecule has 1 unspecified atom stereocenters. The lowest BCUT2D eigenvalue weighted by atomic mass is 10.1. The molecule has 25 heavy (non-hydrogen) atoms. The molecule has 1 amide bonds. The van der Waals surface area contributed by atoms with Crippen LogP contribution in [-0.4, -0.2) is 35.1 Å². The molecule has 0 radical (unpaired) electrons. The Balaban J connectivity index is 2.06. The minimum atomic E-state index is -1.09. The first-order valence-electron chi connectivity index (χ1n) is 7.65. The first-order chi connectivity index (χ1) is 11.8. The second kappa shape index (κ2) is 7.74. The highest BCUT2D eigenvalue weighted by molar-refractivity contribution is 5.94. The lowest BCUT2D eigenvalue weighted by Crippen LogP contribution is -2.34. The van der Waals surface area contributed by atoms with E-state index in [9.17, 15) is 14.0 Å². The van der Waals surface area contributed by atoms with Crippen LogP contribution in [0.15, 0.2) is 30.3 Å². The summed E-state index contributed by atoms with van der Waals surface area (Å²) < 4.78 is 18.5. The second-order valence-electron chi connectivity index (χ2n) is 5.71. The lowest BCUT2D eigenvalue weighted by molar-refractivity contribution is 0.0694. The summed E-state index contributed by atoms with van der Waals surface area (Å²) in [5.41, 5.74) is 1.14. The lowest BCUT2D eigenvalue weighted by Gasteiger charge is -2.15. The third-order valence-corrected chi connectivity index (χ3v) is 3.64. The first kappa shape index (κ1) is 18.4. The normalized spacial score (nSPS) is 11.7. The van der Waals surface area contributed by atoms with Crippen molar-refractivity contribution in [2.75, 3.05) is 7.11 Å². The van der Waals surface area contributed by atoms with Crippen molar-refractivity contribution in [1.29, 1.82) is 0 Å². The van der Waals surface area contributed by atoms with Crippen LogP contribution in [0, 0.1) is 12.7 Å². The number of carboxylic acids is 1. The molecule has 2 rings (SSSR count). The number of rotatable bonds is 6. The Morgan fingerprint density at radius 2 is 2.04 bits per heavy atom. The summed E-state index contributed by atoms with van der Waals surface area (Å²) in [6.07, 6.45) is 0.409. The molecule has 0 saturated heterocycles. The third-order valence-electron chi connectivity index (χ3n) is 3.64. The van der Waals surface area contributed by atoms with Crippen LogP contribution < -0.4 is 10.1 Å². The van der Waals surface area contributed by atoms with Gasteiger partial charge in [-0.15, -0.1) is 0 Å². The quantitative estimate of drug-likeness (QED) is 0.839. The maximum absolute atomic E-state index is 13.5. The minimum Gasteiger partial charge on any atom is -0.497 e. The van der Waals surface area contributed by atoms with Gasteiger partial charge in [-0.2, -0.15) is 0 Å². The highest BCUT2D eigenvalue weighted by Gasteiger charge is 2.15. The largest absolute Gasteiger partial charge is 0.497 e. The van der Waals surface area contributed by atoms with Crippen LogP contribution in [-0.2, 0) is 6.42 Å². The SMILES string of the molecule is COc1cc(F)cc(CC(C)NC(=O)c2ccc(C(=O)O)c(C)n2)c1. The van der Waals surface area contributed by atoms with Gasteiger partial charge in [0, 0.05) is 12.1 Å². The zero-order chi connectivity index (χ0) is 18.6. The Morgan fingerprint density at radius 1 is 1.32 bits per heavy atom. The van der Waals surface area contributed by atoms with E-state index in [4.69, 9.17) is 9.84 Å². The highest BCUT2D eigenvalue weighted by Crippen LogP contribution is 2.17. The van der Waals surface area contributed by atoms with Crippen LogP contribution in [0.1, 0.15) is 39.0 Å². The van der Waals surface area contributed by atoms with Crippen molar-refractivity contribution < 1.29 is 23.8 Å².